The first-order chi connectivity index (χ1) is 9.97. The Morgan fingerprint density at radius 2 is 2.19 bits per heavy atom. The lowest BCUT2D eigenvalue weighted by Crippen LogP contribution is -2.30. The van der Waals surface area contributed by atoms with E-state index in [1.807, 2.05) is 0 Å². The van der Waals surface area contributed by atoms with E-state index in [-0.39, 0.29) is 17.8 Å². The van der Waals surface area contributed by atoms with Crippen LogP contribution in [0.3, 0.4) is 0 Å². The third-order valence-corrected chi connectivity index (χ3v) is 2.79. The number of anilines is 1. The number of halogens is 1. The van der Waals surface area contributed by atoms with E-state index in [0.29, 0.717) is 5.82 Å². The summed E-state index contributed by atoms with van der Waals surface area (Å²) in [6, 6.07) is 2.40. The van der Waals surface area contributed by atoms with Gasteiger partial charge in [0.1, 0.15) is 11.6 Å². The van der Waals surface area contributed by atoms with Crippen molar-refractivity contribution in [1.82, 2.24) is 14.9 Å². The SMILES string of the molecule is Cn1ccnc1CNC(=O)Nc1cc(F)ccc1C(=O)O. The van der Waals surface area contributed by atoms with Crippen LogP contribution in [0, 0.1) is 5.82 Å². The Balaban J connectivity index is 2.04. The fraction of sp³-hybridized carbons (Fsp3) is 0.154. The van der Waals surface area contributed by atoms with Gasteiger partial charge in [-0.2, -0.15) is 0 Å². The molecule has 2 amide bonds. The molecule has 1 heterocycles. The summed E-state index contributed by atoms with van der Waals surface area (Å²) >= 11 is 0. The third kappa shape index (κ3) is 3.56. The summed E-state index contributed by atoms with van der Waals surface area (Å²) in [5.41, 5.74) is -0.302. The Labute approximate surface area is 119 Å². The quantitative estimate of drug-likeness (QED) is 0.797. The number of hydrogen-bond acceptors (Lipinski definition) is 3. The number of nitrogens with one attached hydrogen (secondary N) is 2. The molecular formula is C13H13FN4O3. The van der Waals surface area contributed by atoms with E-state index in [9.17, 15) is 14.0 Å². The Kier molecular flexibility index (Phi) is 4.17. The van der Waals surface area contributed by atoms with Gasteiger partial charge < -0.3 is 20.3 Å². The van der Waals surface area contributed by atoms with Gasteiger partial charge in [-0.25, -0.2) is 19.0 Å². The molecular weight excluding hydrogens is 279 g/mol. The molecule has 0 bridgehead atoms. The molecule has 0 radical (unpaired) electrons. The van der Waals surface area contributed by atoms with Crippen molar-refractivity contribution in [2.75, 3.05) is 5.32 Å². The number of nitrogens with zero attached hydrogens (tertiary/aromatic N) is 2. The molecule has 0 spiro atoms. The van der Waals surface area contributed by atoms with E-state index < -0.39 is 17.8 Å². The lowest BCUT2D eigenvalue weighted by molar-refractivity contribution is 0.0698. The first-order valence-electron chi connectivity index (χ1n) is 6.01. The van der Waals surface area contributed by atoms with Crippen LogP contribution >= 0.6 is 0 Å². The summed E-state index contributed by atoms with van der Waals surface area (Å²) in [6.07, 6.45) is 3.31. The zero-order valence-corrected chi connectivity index (χ0v) is 11.1. The number of carbonyl (C=O) groups excluding carboxylic acids is 1. The van der Waals surface area contributed by atoms with Crippen molar-refractivity contribution in [1.29, 1.82) is 0 Å². The second-order valence-corrected chi connectivity index (χ2v) is 4.26. The summed E-state index contributed by atoms with van der Waals surface area (Å²) in [7, 11) is 1.77. The lowest BCUT2D eigenvalue weighted by atomic mass is 10.2. The van der Waals surface area contributed by atoms with Crippen LogP contribution in [-0.2, 0) is 13.6 Å². The van der Waals surface area contributed by atoms with Gasteiger partial charge in [0, 0.05) is 19.4 Å². The topological polar surface area (TPSA) is 96.3 Å². The summed E-state index contributed by atoms with van der Waals surface area (Å²) in [6.45, 7) is 0.160. The number of aromatic nitrogens is 2. The third-order valence-electron chi connectivity index (χ3n) is 2.79. The van der Waals surface area contributed by atoms with Crippen LogP contribution < -0.4 is 10.6 Å². The maximum atomic E-state index is 13.1. The van der Waals surface area contributed by atoms with E-state index in [1.54, 1.807) is 24.0 Å². The van der Waals surface area contributed by atoms with E-state index in [4.69, 9.17) is 5.11 Å². The van der Waals surface area contributed by atoms with Crippen molar-refractivity contribution in [2.45, 2.75) is 6.54 Å². The average Bonchev–Trinajstić information content (AvgIpc) is 2.81. The van der Waals surface area contributed by atoms with Gasteiger partial charge in [0.15, 0.2) is 0 Å². The van der Waals surface area contributed by atoms with Gasteiger partial charge in [-0.3, -0.25) is 0 Å². The molecule has 0 unspecified atom stereocenters. The van der Waals surface area contributed by atoms with Crippen molar-refractivity contribution in [3.63, 3.8) is 0 Å². The highest BCUT2D eigenvalue weighted by Gasteiger charge is 2.13. The number of carboxylic acids is 1. The molecule has 110 valence electrons. The molecule has 0 fully saturated rings. The molecule has 0 aliphatic carbocycles. The second-order valence-electron chi connectivity index (χ2n) is 4.26. The Bertz CT molecular complexity index is 684. The minimum atomic E-state index is -1.26. The van der Waals surface area contributed by atoms with Gasteiger partial charge in [-0.15, -0.1) is 0 Å². The van der Waals surface area contributed by atoms with Gasteiger partial charge in [0.25, 0.3) is 0 Å². The number of carbonyl (C=O) groups is 2. The average molecular weight is 292 g/mol. The number of benzene rings is 1. The highest BCUT2D eigenvalue weighted by molar-refractivity contribution is 5.99. The molecule has 0 saturated carbocycles. The van der Waals surface area contributed by atoms with Gasteiger partial charge >= 0.3 is 12.0 Å². The monoisotopic (exact) mass is 292 g/mol. The number of urea groups is 1. The normalized spacial score (nSPS) is 10.2. The molecule has 0 atom stereocenters. The van der Waals surface area contributed by atoms with Crippen molar-refractivity contribution in [3.05, 3.63) is 47.8 Å². The zero-order valence-electron chi connectivity index (χ0n) is 11.1. The number of rotatable bonds is 4. The van der Waals surface area contributed by atoms with Gasteiger partial charge in [0.2, 0.25) is 0 Å². The predicted octanol–water partition coefficient (Wildman–Crippen LogP) is 1.58. The molecule has 2 aromatic rings. The van der Waals surface area contributed by atoms with Crippen LogP contribution in [0.5, 0.6) is 0 Å². The van der Waals surface area contributed by atoms with Crippen molar-refractivity contribution in [2.24, 2.45) is 7.05 Å². The standard InChI is InChI=1S/C13H13FN4O3/c1-18-5-4-15-11(18)7-16-13(21)17-10-6-8(14)2-3-9(10)12(19)20/h2-6H,7H2,1H3,(H,19,20)(H2,16,17,21). The Morgan fingerprint density at radius 1 is 1.43 bits per heavy atom. The molecule has 0 aliphatic heterocycles. The maximum Gasteiger partial charge on any atom is 0.337 e. The molecule has 21 heavy (non-hydrogen) atoms. The molecule has 0 saturated heterocycles. The number of amides is 2. The van der Waals surface area contributed by atoms with Crippen LogP contribution in [-0.4, -0.2) is 26.7 Å². The maximum absolute atomic E-state index is 13.1. The lowest BCUT2D eigenvalue weighted by Gasteiger charge is -2.10. The first kappa shape index (κ1) is 14.5. The van der Waals surface area contributed by atoms with E-state index >= 15 is 0 Å². The Morgan fingerprint density at radius 3 is 2.81 bits per heavy atom. The highest BCUT2D eigenvalue weighted by Crippen LogP contribution is 2.17. The minimum absolute atomic E-state index is 0.111. The first-order valence-corrected chi connectivity index (χ1v) is 6.01. The second kappa shape index (κ2) is 6.04. The molecule has 2 rings (SSSR count). The van der Waals surface area contributed by atoms with Crippen molar-refractivity contribution < 1.29 is 19.1 Å². The van der Waals surface area contributed by atoms with Crippen molar-refractivity contribution in [3.8, 4) is 0 Å². The number of aryl methyl sites for hydroxylation is 1. The fourth-order valence-electron chi connectivity index (χ4n) is 1.70. The molecule has 8 heteroatoms. The van der Waals surface area contributed by atoms with E-state index in [0.717, 1.165) is 18.2 Å². The highest BCUT2D eigenvalue weighted by atomic mass is 19.1. The summed E-state index contributed by atoms with van der Waals surface area (Å²) in [5, 5.41) is 13.8. The van der Waals surface area contributed by atoms with Gasteiger partial charge in [0.05, 0.1) is 17.8 Å². The molecule has 1 aromatic heterocycles. The molecule has 1 aromatic carbocycles. The van der Waals surface area contributed by atoms with Crippen LogP contribution in [0.25, 0.3) is 0 Å². The van der Waals surface area contributed by atoms with Crippen LogP contribution in [0.4, 0.5) is 14.9 Å². The minimum Gasteiger partial charge on any atom is -0.478 e. The summed E-state index contributed by atoms with van der Waals surface area (Å²) in [4.78, 5) is 26.7. The number of hydrogen-bond donors (Lipinski definition) is 3. The van der Waals surface area contributed by atoms with Gasteiger partial charge in [-0.05, 0) is 18.2 Å². The van der Waals surface area contributed by atoms with Crippen LogP contribution in [0.2, 0.25) is 0 Å². The van der Waals surface area contributed by atoms with E-state index in [1.165, 1.54) is 0 Å². The number of aromatic carboxylic acids is 1. The van der Waals surface area contributed by atoms with Crippen molar-refractivity contribution >= 4 is 17.7 Å². The molecule has 0 aliphatic rings. The smallest absolute Gasteiger partial charge is 0.337 e. The number of imidazole rings is 1. The zero-order chi connectivity index (χ0) is 15.4. The van der Waals surface area contributed by atoms with E-state index in [2.05, 4.69) is 15.6 Å². The summed E-state index contributed by atoms with van der Waals surface area (Å²) < 4.78 is 14.9. The summed E-state index contributed by atoms with van der Waals surface area (Å²) in [5.74, 6) is -1.27. The van der Waals surface area contributed by atoms with Crippen LogP contribution in [0.15, 0.2) is 30.6 Å². The largest absolute Gasteiger partial charge is 0.478 e. The van der Waals surface area contributed by atoms with Crippen LogP contribution in [0.1, 0.15) is 16.2 Å². The Hall–Kier alpha value is -2.90. The van der Waals surface area contributed by atoms with Gasteiger partial charge in [-0.1, -0.05) is 0 Å². The fourth-order valence-corrected chi connectivity index (χ4v) is 1.70. The predicted molar refractivity (Wildman–Crippen MR) is 72.4 cm³/mol. The number of carboxylic acid groups (broad SMARTS) is 1. The molecule has 7 nitrogen and oxygen atoms in total. The molecule has 3 N–H and O–H groups in total.